The standard InChI is InChI=1S/C9H10F3NO3S/c1-17(15,16)5-8(14)6-4-13-3-2-7(6)9(10,11)12/h2-4,8,14H,5H2,1H3. The highest BCUT2D eigenvalue weighted by Gasteiger charge is 2.35. The van der Waals surface area contributed by atoms with Gasteiger partial charge in [-0.25, -0.2) is 8.42 Å². The van der Waals surface area contributed by atoms with Crippen molar-refractivity contribution in [1.29, 1.82) is 0 Å². The Morgan fingerprint density at radius 3 is 2.53 bits per heavy atom. The number of sulfone groups is 1. The first-order valence-corrected chi connectivity index (χ1v) is 6.54. The van der Waals surface area contributed by atoms with Crippen molar-refractivity contribution in [1.82, 2.24) is 4.98 Å². The second-order valence-electron chi connectivity index (χ2n) is 3.57. The van der Waals surface area contributed by atoms with Crippen LogP contribution in [-0.4, -0.2) is 30.5 Å². The van der Waals surface area contributed by atoms with Crippen LogP contribution in [0.2, 0.25) is 0 Å². The molecule has 1 N–H and O–H groups in total. The molecule has 1 aromatic rings. The zero-order valence-electron chi connectivity index (χ0n) is 8.77. The highest BCUT2D eigenvalue weighted by molar-refractivity contribution is 7.90. The van der Waals surface area contributed by atoms with Crippen LogP contribution in [0, 0.1) is 0 Å². The molecule has 4 nitrogen and oxygen atoms in total. The van der Waals surface area contributed by atoms with Crippen LogP contribution in [0.5, 0.6) is 0 Å². The van der Waals surface area contributed by atoms with Crippen molar-refractivity contribution in [2.45, 2.75) is 12.3 Å². The van der Waals surface area contributed by atoms with Gasteiger partial charge in [-0.2, -0.15) is 13.2 Å². The number of hydrogen-bond donors (Lipinski definition) is 1. The van der Waals surface area contributed by atoms with E-state index in [1.165, 1.54) is 0 Å². The maximum absolute atomic E-state index is 12.6. The van der Waals surface area contributed by atoms with Crippen LogP contribution >= 0.6 is 0 Å². The first-order chi connectivity index (χ1) is 7.61. The Balaban J connectivity index is 3.14. The van der Waals surface area contributed by atoms with Gasteiger partial charge in [0.1, 0.15) is 9.84 Å². The number of halogens is 3. The summed E-state index contributed by atoms with van der Waals surface area (Å²) in [6.45, 7) is 0. The first kappa shape index (κ1) is 13.9. The molecule has 8 heteroatoms. The van der Waals surface area contributed by atoms with E-state index >= 15 is 0 Å². The summed E-state index contributed by atoms with van der Waals surface area (Å²) in [6, 6.07) is 0.695. The average molecular weight is 269 g/mol. The van der Waals surface area contributed by atoms with Crippen LogP contribution in [0.4, 0.5) is 13.2 Å². The Morgan fingerprint density at radius 1 is 1.47 bits per heavy atom. The quantitative estimate of drug-likeness (QED) is 0.894. The van der Waals surface area contributed by atoms with Crippen LogP contribution < -0.4 is 0 Å². The molecule has 1 heterocycles. The summed E-state index contributed by atoms with van der Waals surface area (Å²) in [4.78, 5) is 3.46. The first-order valence-electron chi connectivity index (χ1n) is 4.48. The van der Waals surface area contributed by atoms with Crippen molar-refractivity contribution in [3.05, 3.63) is 29.6 Å². The van der Waals surface area contributed by atoms with Crippen LogP contribution in [0.15, 0.2) is 18.5 Å². The van der Waals surface area contributed by atoms with Gasteiger partial charge in [0.25, 0.3) is 0 Å². The molecule has 0 spiro atoms. The lowest BCUT2D eigenvalue weighted by atomic mass is 10.1. The minimum atomic E-state index is -4.66. The summed E-state index contributed by atoms with van der Waals surface area (Å²) in [6.07, 6.45) is -3.82. The molecule has 1 rings (SSSR count). The molecule has 0 saturated heterocycles. The van der Waals surface area contributed by atoms with E-state index in [0.717, 1.165) is 18.6 Å². The Kier molecular flexibility index (Phi) is 3.78. The fourth-order valence-electron chi connectivity index (χ4n) is 1.31. The van der Waals surface area contributed by atoms with E-state index in [2.05, 4.69) is 4.98 Å². The van der Waals surface area contributed by atoms with Crippen molar-refractivity contribution in [3.63, 3.8) is 0 Å². The topological polar surface area (TPSA) is 67.3 Å². The molecule has 96 valence electrons. The summed E-state index contributed by atoms with van der Waals surface area (Å²) in [5.41, 5.74) is -1.62. The number of nitrogens with zero attached hydrogens (tertiary/aromatic N) is 1. The molecule has 0 aliphatic rings. The summed E-state index contributed by atoms with van der Waals surface area (Å²) in [5.74, 6) is -0.776. The molecule has 0 aliphatic heterocycles. The predicted molar refractivity (Wildman–Crippen MR) is 53.9 cm³/mol. The number of aromatic nitrogens is 1. The number of aliphatic hydroxyl groups excluding tert-OH is 1. The minimum absolute atomic E-state index is 0.537. The Morgan fingerprint density at radius 2 is 2.06 bits per heavy atom. The molecular weight excluding hydrogens is 259 g/mol. The molecule has 1 unspecified atom stereocenters. The van der Waals surface area contributed by atoms with Gasteiger partial charge >= 0.3 is 6.18 Å². The van der Waals surface area contributed by atoms with Crippen molar-refractivity contribution in [2.24, 2.45) is 0 Å². The maximum Gasteiger partial charge on any atom is 0.416 e. The van der Waals surface area contributed by atoms with Gasteiger partial charge in [0.15, 0.2) is 0 Å². The molecule has 0 aliphatic carbocycles. The summed E-state index contributed by atoms with van der Waals surface area (Å²) in [7, 11) is -3.58. The lowest BCUT2D eigenvalue weighted by molar-refractivity contribution is -0.139. The van der Waals surface area contributed by atoms with Crippen molar-refractivity contribution >= 4 is 9.84 Å². The average Bonchev–Trinajstić information content (AvgIpc) is 2.13. The Labute approximate surface area is 96.0 Å². The minimum Gasteiger partial charge on any atom is -0.387 e. The van der Waals surface area contributed by atoms with E-state index in [9.17, 15) is 26.7 Å². The molecule has 17 heavy (non-hydrogen) atoms. The fourth-order valence-corrected chi connectivity index (χ4v) is 2.06. The number of pyridine rings is 1. The van der Waals surface area contributed by atoms with Gasteiger partial charge in [0.05, 0.1) is 17.4 Å². The van der Waals surface area contributed by atoms with Gasteiger partial charge < -0.3 is 5.11 Å². The number of hydrogen-bond acceptors (Lipinski definition) is 4. The number of alkyl halides is 3. The zero-order chi connectivity index (χ0) is 13.3. The van der Waals surface area contributed by atoms with Gasteiger partial charge in [-0.1, -0.05) is 0 Å². The van der Waals surface area contributed by atoms with Crippen LogP contribution in [0.25, 0.3) is 0 Å². The molecule has 0 bridgehead atoms. The van der Waals surface area contributed by atoms with Crippen LogP contribution in [0.1, 0.15) is 17.2 Å². The third-order valence-corrected chi connectivity index (χ3v) is 2.90. The lowest BCUT2D eigenvalue weighted by Gasteiger charge is -2.16. The van der Waals surface area contributed by atoms with Gasteiger partial charge in [0, 0.05) is 24.2 Å². The van der Waals surface area contributed by atoms with Crippen molar-refractivity contribution < 1.29 is 26.7 Å². The maximum atomic E-state index is 12.6. The second-order valence-corrected chi connectivity index (χ2v) is 5.75. The van der Waals surface area contributed by atoms with Gasteiger partial charge in [-0.3, -0.25) is 4.98 Å². The lowest BCUT2D eigenvalue weighted by Crippen LogP contribution is -2.18. The van der Waals surface area contributed by atoms with E-state index in [4.69, 9.17) is 0 Å². The van der Waals surface area contributed by atoms with Gasteiger partial charge in [-0.05, 0) is 6.07 Å². The molecule has 1 aromatic heterocycles. The number of rotatable bonds is 3. The second kappa shape index (κ2) is 4.61. The SMILES string of the molecule is CS(=O)(=O)CC(O)c1cnccc1C(F)(F)F. The number of aliphatic hydroxyl groups is 1. The highest BCUT2D eigenvalue weighted by atomic mass is 32.2. The van der Waals surface area contributed by atoms with E-state index in [-0.39, 0.29) is 0 Å². The largest absolute Gasteiger partial charge is 0.416 e. The van der Waals surface area contributed by atoms with E-state index in [1.807, 2.05) is 0 Å². The fraction of sp³-hybridized carbons (Fsp3) is 0.444. The van der Waals surface area contributed by atoms with Crippen molar-refractivity contribution in [3.8, 4) is 0 Å². The normalized spacial score (nSPS) is 14.6. The van der Waals surface area contributed by atoms with E-state index in [1.54, 1.807) is 0 Å². The molecule has 0 fully saturated rings. The zero-order valence-corrected chi connectivity index (χ0v) is 9.59. The molecule has 1 atom stereocenters. The molecule has 0 aromatic carbocycles. The van der Waals surface area contributed by atoms with Gasteiger partial charge in [0.2, 0.25) is 0 Å². The third-order valence-electron chi connectivity index (χ3n) is 1.98. The summed E-state index contributed by atoms with van der Waals surface area (Å²) >= 11 is 0. The molecule has 0 saturated carbocycles. The third kappa shape index (κ3) is 3.97. The van der Waals surface area contributed by atoms with Crippen LogP contribution in [-0.2, 0) is 16.0 Å². The van der Waals surface area contributed by atoms with Gasteiger partial charge in [-0.15, -0.1) is 0 Å². The Bertz CT molecular complexity index is 498. The van der Waals surface area contributed by atoms with Crippen LogP contribution in [0.3, 0.4) is 0 Å². The highest BCUT2D eigenvalue weighted by Crippen LogP contribution is 2.34. The van der Waals surface area contributed by atoms with E-state index in [0.29, 0.717) is 6.07 Å². The Hall–Kier alpha value is -1.15. The predicted octanol–water partition coefficient (Wildman–Crippen LogP) is 1.18. The summed E-state index contributed by atoms with van der Waals surface area (Å²) in [5, 5.41) is 9.48. The molecular formula is C9H10F3NO3S. The molecule has 0 radical (unpaired) electrons. The monoisotopic (exact) mass is 269 g/mol. The van der Waals surface area contributed by atoms with Crippen molar-refractivity contribution in [2.75, 3.05) is 12.0 Å². The smallest absolute Gasteiger partial charge is 0.387 e. The molecule has 0 amide bonds. The summed E-state index contributed by atoms with van der Waals surface area (Å²) < 4.78 is 59.5. The van der Waals surface area contributed by atoms with E-state index < -0.39 is 39.0 Å².